The van der Waals surface area contributed by atoms with Gasteiger partial charge in [-0.2, -0.15) is 0 Å². The van der Waals surface area contributed by atoms with E-state index in [4.69, 9.17) is 16.3 Å². The highest BCUT2D eigenvalue weighted by molar-refractivity contribution is 6.30. The summed E-state index contributed by atoms with van der Waals surface area (Å²) >= 11 is 5.95. The van der Waals surface area contributed by atoms with Crippen molar-refractivity contribution < 1.29 is 9.53 Å². The number of rotatable bonds is 6. The van der Waals surface area contributed by atoms with Crippen molar-refractivity contribution in [2.24, 2.45) is 23.2 Å². The van der Waals surface area contributed by atoms with Gasteiger partial charge in [0.2, 0.25) is 0 Å². The minimum absolute atomic E-state index is 0.0116. The van der Waals surface area contributed by atoms with Crippen LogP contribution in [0.3, 0.4) is 0 Å². The van der Waals surface area contributed by atoms with Crippen molar-refractivity contribution in [3.8, 4) is 5.75 Å². The van der Waals surface area contributed by atoms with Crippen LogP contribution < -0.4 is 10.1 Å². The molecule has 152 valence electrons. The van der Waals surface area contributed by atoms with Crippen LogP contribution in [0.2, 0.25) is 5.02 Å². The van der Waals surface area contributed by atoms with Crippen LogP contribution in [-0.2, 0) is 0 Å². The lowest BCUT2D eigenvalue weighted by atomic mass is 9.94. The van der Waals surface area contributed by atoms with Gasteiger partial charge in [0.15, 0.2) is 0 Å². The first-order valence-electron chi connectivity index (χ1n) is 10.7. The first-order valence-corrected chi connectivity index (χ1v) is 11.1. The number of amides is 1. The van der Waals surface area contributed by atoms with Crippen LogP contribution in [0.15, 0.2) is 60.8 Å². The monoisotopic (exact) mass is 418 g/mol. The smallest absolute Gasteiger partial charge is 0.251 e. The Bertz CT molecular complexity index is 1140. The van der Waals surface area contributed by atoms with Gasteiger partial charge in [0, 0.05) is 39.5 Å². The van der Waals surface area contributed by atoms with E-state index in [1.807, 2.05) is 30.5 Å². The summed E-state index contributed by atoms with van der Waals surface area (Å²) in [6.45, 7) is 2.17. The molecular weight excluding hydrogens is 396 g/mol. The van der Waals surface area contributed by atoms with E-state index in [2.05, 4.69) is 23.3 Å². The second kappa shape index (κ2) is 6.45. The molecule has 1 amide bonds. The van der Waals surface area contributed by atoms with Crippen LogP contribution in [0.4, 0.5) is 0 Å². The molecule has 0 aliphatic heterocycles. The highest BCUT2D eigenvalue weighted by Gasteiger charge is 2.94. The van der Waals surface area contributed by atoms with Crippen molar-refractivity contribution in [3.05, 3.63) is 71.4 Å². The van der Waals surface area contributed by atoms with E-state index in [1.54, 1.807) is 24.3 Å². The highest BCUT2D eigenvalue weighted by atomic mass is 35.5. The number of pyridine rings is 1. The van der Waals surface area contributed by atoms with Crippen molar-refractivity contribution in [2.45, 2.75) is 31.9 Å². The zero-order chi connectivity index (χ0) is 20.5. The number of halogens is 1. The molecule has 5 heteroatoms. The maximum Gasteiger partial charge on any atom is 0.251 e. The Balaban J connectivity index is 1.18. The van der Waals surface area contributed by atoms with E-state index in [0.717, 1.165) is 29.5 Å². The number of carbonyl (C=O) groups is 1. The molecule has 2 unspecified atom stereocenters. The number of hydrogen-bond donors (Lipinski definition) is 1. The standard InChI is InChI=1S/C25H23ClN2O2/c1-2-21(28-24(29)14-7-9-15(26)10-8-14)25-17-13-20(23(25)22(17)25)30-19-11-12-27-18-6-4-3-5-16(18)19/h3-12,17,20-23H,2,13H2,1H3,(H,28,29)/t17-,20+,21?,22-,23?,25-/m0/s1. The molecule has 1 N–H and O–H groups in total. The summed E-state index contributed by atoms with van der Waals surface area (Å²) < 4.78 is 6.52. The van der Waals surface area contributed by atoms with E-state index < -0.39 is 0 Å². The zero-order valence-electron chi connectivity index (χ0n) is 16.7. The van der Waals surface area contributed by atoms with Gasteiger partial charge in [-0.05, 0) is 67.1 Å². The molecule has 7 rings (SSSR count). The molecule has 1 aromatic heterocycles. The van der Waals surface area contributed by atoms with Crippen LogP contribution in [0.5, 0.6) is 5.75 Å². The minimum Gasteiger partial charge on any atom is -0.489 e. The van der Waals surface area contributed by atoms with Crippen molar-refractivity contribution in [2.75, 3.05) is 0 Å². The largest absolute Gasteiger partial charge is 0.489 e. The first kappa shape index (κ1) is 18.2. The summed E-state index contributed by atoms with van der Waals surface area (Å²) in [6, 6.07) is 17.4. The molecule has 4 fully saturated rings. The van der Waals surface area contributed by atoms with Crippen molar-refractivity contribution in [1.29, 1.82) is 0 Å². The first-order chi connectivity index (χ1) is 14.6. The lowest BCUT2D eigenvalue weighted by Gasteiger charge is -2.23. The topological polar surface area (TPSA) is 51.2 Å². The molecule has 6 atom stereocenters. The van der Waals surface area contributed by atoms with Gasteiger partial charge >= 0.3 is 0 Å². The van der Waals surface area contributed by atoms with Gasteiger partial charge in [-0.25, -0.2) is 0 Å². The number of nitrogens with one attached hydrogen (secondary N) is 1. The minimum atomic E-state index is -0.0116. The second-order valence-corrected chi connectivity index (χ2v) is 9.25. The molecule has 0 radical (unpaired) electrons. The van der Waals surface area contributed by atoms with Gasteiger partial charge < -0.3 is 10.1 Å². The molecule has 0 spiro atoms. The number of ether oxygens (including phenoxy) is 1. The number of carbonyl (C=O) groups excluding carboxylic acids is 1. The van der Waals surface area contributed by atoms with Gasteiger partial charge in [-0.15, -0.1) is 0 Å². The summed E-state index contributed by atoms with van der Waals surface area (Å²) in [5, 5.41) is 5.02. The highest BCUT2D eigenvalue weighted by Crippen LogP contribution is 2.92. The molecule has 4 nitrogen and oxygen atoms in total. The molecule has 4 saturated carbocycles. The van der Waals surface area contributed by atoms with Crippen LogP contribution in [-0.4, -0.2) is 23.0 Å². The third-order valence-corrected chi connectivity index (χ3v) is 7.85. The Hall–Kier alpha value is -2.59. The number of fused-ring (bicyclic) bond motifs is 2. The molecule has 4 aliphatic carbocycles. The van der Waals surface area contributed by atoms with Gasteiger partial charge in [-0.1, -0.05) is 30.7 Å². The van der Waals surface area contributed by atoms with Gasteiger partial charge in [0.25, 0.3) is 5.91 Å². The summed E-state index contributed by atoms with van der Waals surface area (Å²) in [6.07, 6.45) is 4.07. The zero-order valence-corrected chi connectivity index (χ0v) is 17.5. The fraction of sp³-hybridized carbons (Fsp3) is 0.360. The Morgan fingerprint density at radius 2 is 2.00 bits per heavy atom. The van der Waals surface area contributed by atoms with E-state index in [9.17, 15) is 4.79 Å². The lowest BCUT2D eigenvalue weighted by molar-refractivity contribution is 0.0915. The quantitative estimate of drug-likeness (QED) is 0.605. The van der Waals surface area contributed by atoms with Gasteiger partial charge in [-0.3, -0.25) is 9.78 Å². The van der Waals surface area contributed by atoms with E-state index in [1.165, 1.54) is 0 Å². The van der Waals surface area contributed by atoms with E-state index >= 15 is 0 Å². The van der Waals surface area contributed by atoms with Crippen LogP contribution in [0, 0.1) is 23.2 Å². The van der Waals surface area contributed by atoms with Crippen LogP contribution in [0.1, 0.15) is 30.1 Å². The van der Waals surface area contributed by atoms with Crippen LogP contribution >= 0.6 is 11.6 Å². The number of para-hydroxylation sites is 1. The van der Waals surface area contributed by atoms with Crippen molar-refractivity contribution in [3.63, 3.8) is 0 Å². The summed E-state index contributed by atoms with van der Waals surface area (Å²) in [5.74, 6) is 2.83. The predicted octanol–water partition coefficient (Wildman–Crippen LogP) is 5.11. The second-order valence-electron chi connectivity index (χ2n) is 8.82. The Morgan fingerprint density at radius 3 is 2.77 bits per heavy atom. The molecule has 1 heterocycles. The Kier molecular flexibility index (Phi) is 3.91. The van der Waals surface area contributed by atoms with Crippen molar-refractivity contribution >= 4 is 28.4 Å². The van der Waals surface area contributed by atoms with Gasteiger partial charge in [0.05, 0.1) is 5.52 Å². The number of benzene rings is 2. The number of aromatic nitrogens is 1. The summed E-state index contributed by atoms with van der Waals surface area (Å²) in [4.78, 5) is 17.2. The molecule has 3 aromatic rings. The molecule has 2 aromatic carbocycles. The maximum atomic E-state index is 12.8. The lowest BCUT2D eigenvalue weighted by Crippen LogP contribution is -2.40. The number of nitrogens with zero attached hydrogens (tertiary/aromatic N) is 1. The van der Waals surface area contributed by atoms with E-state index in [0.29, 0.717) is 28.3 Å². The maximum absolute atomic E-state index is 12.8. The fourth-order valence-corrected chi connectivity index (χ4v) is 6.43. The molecule has 2 bridgehead atoms. The Labute approximate surface area is 180 Å². The van der Waals surface area contributed by atoms with Crippen molar-refractivity contribution in [1.82, 2.24) is 10.3 Å². The predicted molar refractivity (Wildman–Crippen MR) is 117 cm³/mol. The molecular formula is C25H23ClN2O2. The number of hydrogen-bond acceptors (Lipinski definition) is 3. The average Bonchev–Trinajstić information content (AvgIpc) is 3.52. The third-order valence-electron chi connectivity index (χ3n) is 7.60. The normalized spacial score (nSPS) is 31.1. The van der Waals surface area contributed by atoms with Gasteiger partial charge in [0.1, 0.15) is 11.9 Å². The summed E-state index contributed by atoms with van der Waals surface area (Å²) in [7, 11) is 0. The third kappa shape index (κ3) is 2.46. The molecule has 4 aliphatic rings. The fourth-order valence-electron chi connectivity index (χ4n) is 6.30. The molecule has 30 heavy (non-hydrogen) atoms. The van der Waals surface area contributed by atoms with Crippen LogP contribution in [0.25, 0.3) is 10.9 Å². The van der Waals surface area contributed by atoms with E-state index in [-0.39, 0.29) is 23.5 Å². The molecule has 0 saturated heterocycles. The average molecular weight is 419 g/mol. The SMILES string of the molecule is CCC(NC(=O)c1ccc(Cl)cc1)[C@]12C3[C@@H]1[C@@H]2C[C@H]3Oc1ccnc2ccccc12. The summed E-state index contributed by atoms with van der Waals surface area (Å²) in [5.41, 5.74) is 1.87. The Morgan fingerprint density at radius 1 is 1.20 bits per heavy atom.